The summed E-state index contributed by atoms with van der Waals surface area (Å²) in [5, 5.41) is 12.4. The van der Waals surface area contributed by atoms with Gasteiger partial charge in [-0.05, 0) is 49.8 Å². The van der Waals surface area contributed by atoms with Crippen LogP contribution in [0.2, 0.25) is 0 Å². The standard InChI is InChI=1S/C21H22FN5O2S/c1-3-27-17(25-26-21(27)30)11-12-23-19(28)15-9-6-7-13(2)18(15)24-20(29)14-8-4-5-10-16(14)22/h4-10H,3,11-12H2,1-2H3,(H,23,28)(H,24,29)(H,26,30). The van der Waals surface area contributed by atoms with Gasteiger partial charge in [-0.2, -0.15) is 5.10 Å². The molecule has 0 bridgehead atoms. The molecule has 30 heavy (non-hydrogen) atoms. The number of hydrogen-bond acceptors (Lipinski definition) is 4. The lowest BCUT2D eigenvalue weighted by atomic mass is 10.1. The predicted octanol–water partition coefficient (Wildman–Crippen LogP) is 3.63. The van der Waals surface area contributed by atoms with Crippen LogP contribution in [0.25, 0.3) is 0 Å². The predicted molar refractivity (Wildman–Crippen MR) is 115 cm³/mol. The third-order valence-electron chi connectivity index (χ3n) is 4.66. The maximum absolute atomic E-state index is 13.9. The highest BCUT2D eigenvalue weighted by molar-refractivity contribution is 7.71. The van der Waals surface area contributed by atoms with Crippen LogP contribution in [-0.4, -0.2) is 33.1 Å². The zero-order chi connectivity index (χ0) is 21.7. The van der Waals surface area contributed by atoms with Gasteiger partial charge >= 0.3 is 0 Å². The van der Waals surface area contributed by atoms with E-state index in [1.807, 2.05) is 11.5 Å². The van der Waals surface area contributed by atoms with Gasteiger partial charge in [-0.25, -0.2) is 4.39 Å². The van der Waals surface area contributed by atoms with E-state index in [1.165, 1.54) is 18.2 Å². The van der Waals surface area contributed by atoms with Crippen molar-refractivity contribution in [3.63, 3.8) is 0 Å². The molecular formula is C21H22FN5O2S. The average Bonchev–Trinajstić information content (AvgIpc) is 3.09. The van der Waals surface area contributed by atoms with Crippen molar-refractivity contribution in [3.8, 4) is 0 Å². The summed E-state index contributed by atoms with van der Waals surface area (Å²) >= 11 is 5.16. The van der Waals surface area contributed by atoms with E-state index in [9.17, 15) is 14.0 Å². The van der Waals surface area contributed by atoms with Crippen molar-refractivity contribution in [1.82, 2.24) is 20.1 Å². The Morgan fingerprint density at radius 3 is 2.60 bits per heavy atom. The molecule has 2 amide bonds. The molecule has 0 radical (unpaired) electrons. The number of aromatic amines is 1. The molecule has 0 aliphatic heterocycles. The molecule has 9 heteroatoms. The average molecular weight is 428 g/mol. The highest BCUT2D eigenvalue weighted by Crippen LogP contribution is 2.22. The third-order valence-corrected chi connectivity index (χ3v) is 4.97. The lowest BCUT2D eigenvalue weighted by Crippen LogP contribution is -2.28. The van der Waals surface area contributed by atoms with Crippen LogP contribution in [0, 0.1) is 17.5 Å². The second kappa shape index (κ2) is 9.45. The van der Waals surface area contributed by atoms with Gasteiger partial charge in [0, 0.05) is 19.5 Å². The van der Waals surface area contributed by atoms with Crippen LogP contribution < -0.4 is 10.6 Å². The number of aromatic nitrogens is 3. The number of nitrogens with zero attached hydrogens (tertiary/aromatic N) is 2. The van der Waals surface area contributed by atoms with Crippen LogP contribution in [0.15, 0.2) is 42.5 Å². The first-order chi connectivity index (χ1) is 14.4. The summed E-state index contributed by atoms with van der Waals surface area (Å²) < 4.78 is 16.3. The number of aryl methyl sites for hydroxylation is 1. The normalized spacial score (nSPS) is 10.6. The second-order valence-corrected chi connectivity index (χ2v) is 7.01. The summed E-state index contributed by atoms with van der Waals surface area (Å²) in [6, 6.07) is 10.8. The van der Waals surface area contributed by atoms with Crippen LogP contribution in [-0.2, 0) is 13.0 Å². The molecule has 3 rings (SSSR count). The fourth-order valence-corrected chi connectivity index (χ4v) is 3.38. The van der Waals surface area contributed by atoms with Crippen LogP contribution in [0.4, 0.5) is 10.1 Å². The quantitative estimate of drug-likeness (QED) is 0.502. The Bertz CT molecular complexity index is 1140. The Hall–Kier alpha value is -3.33. The fourth-order valence-electron chi connectivity index (χ4n) is 3.10. The van der Waals surface area contributed by atoms with Crippen LogP contribution in [0.5, 0.6) is 0 Å². The Kier molecular flexibility index (Phi) is 6.73. The van der Waals surface area contributed by atoms with E-state index in [0.29, 0.717) is 41.1 Å². The minimum absolute atomic E-state index is 0.0884. The smallest absolute Gasteiger partial charge is 0.258 e. The molecule has 0 atom stereocenters. The summed E-state index contributed by atoms with van der Waals surface area (Å²) in [6.45, 7) is 4.76. The molecule has 0 aliphatic carbocycles. The summed E-state index contributed by atoms with van der Waals surface area (Å²) in [5.74, 6) is -0.839. The van der Waals surface area contributed by atoms with Crippen molar-refractivity contribution >= 4 is 29.7 Å². The topological polar surface area (TPSA) is 91.8 Å². The number of rotatable bonds is 7. The number of halogens is 1. The number of hydrogen-bond donors (Lipinski definition) is 3. The van der Waals surface area contributed by atoms with Gasteiger partial charge in [-0.1, -0.05) is 24.3 Å². The summed E-state index contributed by atoms with van der Waals surface area (Å²) in [4.78, 5) is 25.3. The molecule has 2 aromatic carbocycles. The zero-order valence-electron chi connectivity index (χ0n) is 16.7. The van der Waals surface area contributed by atoms with Crippen molar-refractivity contribution in [1.29, 1.82) is 0 Å². The minimum atomic E-state index is -0.626. The van der Waals surface area contributed by atoms with Gasteiger partial charge in [0.1, 0.15) is 11.6 Å². The van der Waals surface area contributed by atoms with Gasteiger partial charge in [-0.15, -0.1) is 0 Å². The first-order valence-corrected chi connectivity index (χ1v) is 9.91. The number of carbonyl (C=O) groups is 2. The molecule has 7 nitrogen and oxygen atoms in total. The number of anilines is 1. The molecule has 0 fully saturated rings. The van der Waals surface area contributed by atoms with Gasteiger partial charge < -0.3 is 15.2 Å². The Labute approximate surface area is 178 Å². The lowest BCUT2D eigenvalue weighted by Gasteiger charge is -2.14. The molecular weight excluding hydrogens is 405 g/mol. The Morgan fingerprint density at radius 1 is 1.13 bits per heavy atom. The van der Waals surface area contributed by atoms with Crippen LogP contribution in [0.1, 0.15) is 39.0 Å². The molecule has 1 heterocycles. The highest BCUT2D eigenvalue weighted by Gasteiger charge is 2.18. The largest absolute Gasteiger partial charge is 0.352 e. The number of carbonyl (C=O) groups excluding carboxylic acids is 2. The van der Waals surface area contributed by atoms with Crippen molar-refractivity contribution < 1.29 is 14.0 Å². The number of nitrogens with one attached hydrogen (secondary N) is 3. The Balaban J connectivity index is 1.73. The highest BCUT2D eigenvalue weighted by atomic mass is 32.1. The molecule has 0 aliphatic rings. The summed E-state index contributed by atoms with van der Waals surface area (Å²) in [6.07, 6.45) is 0.495. The number of amides is 2. The van der Waals surface area contributed by atoms with Crippen LogP contribution in [0.3, 0.4) is 0 Å². The van der Waals surface area contributed by atoms with Gasteiger partial charge in [0.2, 0.25) is 0 Å². The molecule has 0 saturated carbocycles. The monoisotopic (exact) mass is 427 g/mol. The fraction of sp³-hybridized carbons (Fsp3) is 0.238. The molecule has 1 aromatic heterocycles. The first-order valence-electron chi connectivity index (χ1n) is 9.50. The SMILES string of the molecule is CCn1c(CCNC(=O)c2cccc(C)c2NC(=O)c2ccccc2F)n[nH]c1=S. The number of H-pyrrole nitrogens is 1. The minimum Gasteiger partial charge on any atom is -0.352 e. The van der Waals surface area contributed by atoms with Crippen molar-refractivity contribution in [2.45, 2.75) is 26.8 Å². The number of para-hydroxylation sites is 1. The van der Waals surface area contributed by atoms with E-state index in [2.05, 4.69) is 20.8 Å². The first kappa shape index (κ1) is 21.4. The van der Waals surface area contributed by atoms with Crippen LogP contribution >= 0.6 is 12.2 Å². The van der Waals surface area contributed by atoms with Crippen molar-refractivity contribution in [3.05, 3.63) is 75.6 Å². The maximum atomic E-state index is 13.9. The van der Waals surface area contributed by atoms with Crippen molar-refractivity contribution in [2.75, 3.05) is 11.9 Å². The van der Waals surface area contributed by atoms with E-state index in [1.54, 1.807) is 31.2 Å². The van der Waals surface area contributed by atoms with Gasteiger partial charge in [0.25, 0.3) is 11.8 Å². The Morgan fingerprint density at radius 2 is 1.87 bits per heavy atom. The van der Waals surface area contributed by atoms with E-state index in [0.717, 1.165) is 5.82 Å². The van der Waals surface area contributed by atoms with E-state index in [-0.39, 0.29) is 11.5 Å². The molecule has 0 unspecified atom stereocenters. The van der Waals surface area contributed by atoms with Crippen molar-refractivity contribution in [2.24, 2.45) is 0 Å². The molecule has 3 N–H and O–H groups in total. The maximum Gasteiger partial charge on any atom is 0.258 e. The summed E-state index contributed by atoms with van der Waals surface area (Å²) in [5.41, 5.74) is 1.25. The summed E-state index contributed by atoms with van der Waals surface area (Å²) in [7, 11) is 0. The number of benzene rings is 2. The van der Waals surface area contributed by atoms with E-state index >= 15 is 0 Å². The van der Waals surface area contributed by atoms with Gasteiger partial charge in [-0.3, -0.25) is 14.7 Å². The molecule has 156 valence electrons. The third kappa shape index (κ3) is 4.62. The van der Waals surface area contributed by atoms with E-state index in [4.69, 9.17) is 12.2 Å². The second-order valence-electron chi connectivity index (χ2n) is 6.63. The molecule has 0 spiro atoms. The zero-order valence-corrected chi connectivity index (χ0v) is 17.5. The van der Waals surface area contributed by atoms with E-state index < -0.39 is 11.7 Å². The lowest BCUT2D eigenvalue weighted by molar-refractivity contribution is 0.0954. The molecule has 3 aromatic rings. The van der Waals surface area contributed by atoms with Gasteiger partial charge in [0.15, 0.2) is 4.77 Å². The van der Waals surface area contributed by atoms with Gasteiger partial charge in [0.05, 0.1) is 16.8 Å². The molecule has 0 saturated heterocycles.